The summed E-state index contributed by atoms with van der Waals surface area (Å²) in [5.74, 6) is 0.919. The van der Waals surface area contributed by atoms with Crippen molar-refractivity contribution in [1.29, 1.82) is 0 Å². The van der Waals surface area contributed by atoms with Crippen molar-refractivity contribution in [3.8, 4) is 5.75 Å². The van der Waals surface area contributed by atoms with Crippen molar-refractivity contribution in [2.45, 2.75) is 45.9 Å². The summed E-state index contributed by atoms with van der Waals surface area (Å²) < 4.78 is 5.74. The first-order valence-electron chi connectivity index (χ1n) is 6.26. The molecular weight excluding hydrogens is 250 g/mol. The van der Waals surface area contributed by atoms with Crippen molar-refractivity contribution < 1.29 is 22.3 Å². The fourth-order valence-electron chi connectivity index (χ4n) is 1.61. The molecule has 1 unspecified atom stereocenters. The van der Waals surface area contributed by atoms with Gasteiger partial charge in [-0.3, -0.25) is 0 Å². The van der Waals surface area contributed by atoms with Crippen LogP contribution in [-0.2, 0) is 6.54 Å². The number of hydrogen-bond donors (Lipinski definition) is 2. The van der Waals surface area contributed by atoms with E-state index in [0.717, 1.165) is 24.3 Å². The lowest BCUT2D eigenvalue weighted by Crippen LogP contribution is -3.00. The number of rotatable bonds is 7. The van der Waals surface area contributed by atoms with Crippen molar-refractivity contribution in [3.63, 3.8) is 0 Å². The van der Waals surface area contributed by atoms with Crippen LogP contribution in [0.15, 0.2) is 24.3 Å². The molecule has 0 aliphatic heterocycles. The first-order chi connectivity index (χ1) is 8.17. The fourth-order valence-corrected chi connectivity index (χ4v) is 1.61. The number of hydrogen-bond acceptors (Lipinski definition) is 3. The third-order valence-corrected chi connectivity index (χ3v) is 2.63. The SMILES string of the molecule is CCC(CO)NCc1ccccc1OC(C)C.[Cl-]. The Labute approximate surface area is 116 Å². The van der Waals surface area contributed by atoms with Crippen molar-refractivity contribution in [2.75, 3.05) is 6.61 Å². The van der Waals surface area contributed by atoms with Crippen LogP contribution in [0.25, 0.3) is 0 Å². The summed E-state index contributed by atoms with van der Waals surface area (Å²) in [6.07, 6.45) is 1.10. The zero-order valence-electron chi connectivity index (χ0n) is 11.3. The van der Waals surface area contributed by atoms with E-state index in [-0.39, 0.29) is 31.2 Å². The first-order valence-corrected chi connectivity index (χ1v) is 6.26. The van der Waals surface area contributed by atoms with Gasteiger partial charge in [-0.25, -0.2) is 0 Å². The summed E-state index contributed by atoms with van der Waals surface area (Å²) in [6.45, 7) is 7.00. The maximum atomic E-state index is 9.13. The Morgan fingerprint density at radius 3 is 2.50 bits per heavy atom. The topological polar surface area (TPSA) is 41.5 Å². The lowest BCUT2D eigenvalue weighted by Gasteiger charge is -2.17. The molecule has 0 aromatic heterocycles. The molecular formula is C14H23ClNO2-. The number of halogens is 1. The van der Waals surface area contributed by atoms with Crippen molar-refractivity contribution in [3.05, 3.63) is 29.8 Å². The van der Waals surface area contributed by atoms with Crippen LogP contribution < -0.4 is 22.5 Å². The van der Waals surface area contributed by atoms with Gasteiger partial charge in [0.05, 0.1) is 12.7 Å². The number of aliphatic hydroxyl groups is 1. The van der Waals surface area contributed by atoms with E-state index in [0.29, 0.717) is 0 Å². The monoisotopic (exact) mass is 272 g/mol. The Hall–Kier alpha value is -0.770. The van der Waals surface area contributed by atoms with Crippen molar-refractivity contribution in [1.82, 2.24) is 5.32 Å². The first kappa shape index (κ1) is 17.2. The molecule has 1 rings (SSSR count). The maximum absolute atomic E-state index is 9.13. The smallest absolute Gasteiger partial charge is 0.124 e. The van der Waals surface area contributed by atoms with Crippen molar-refractivity contribution in [2.24, 2.45) is 0 Å². The van der Waals surface area contributed by atoms with Gasteiger partial charge in [0, 0.05) is 18.2 Å². The summed E-state index contributed by atoms with van der Waals surface area (Å²) in [4.78, 5) is 0. The van der Waals surface area contributed by atoms with E-state index in [1.807, 2.05) is 32.0 Å². The minimum Gasteiger partial charge on any atom is -1.00 e. The Bertz CT molecular complexity index is 327. The Balaban J connectivity index is 0.00000289. The zero-order chi connectivity index (χ0) is 12.7. The van der Waals surface area contributed by atoms with Crippen LogP contribution in [0.4, 0.5) is 0 Å². The van der Waals surface area contributed by atoms with Gasteiger partial charge in [-0.05, 0) is 26.3 Å². The van der Waals surface area contributed by atoms with Crippen molar-refractivity contribution >= 4 is 0 Å². The Morgan fingerprint density at radius 1 is 1.28 bits per heavy atom. The molecule has 0 bridgehead atoms. The lowest BCUT2D eigenvalue weighted by atomic mass is 10.1. The molecule has 2 N–H and O–H groups in total. The number of aliphatic hydroxyl groups excluding tert-OH is 1. The molecule has 0 heterocycles. The maximum Gasteiger partial charge on any atom is 0.124 e. The third-order valence-electron chi connectivity index (χ3n) is 2.63. The number of ether oxygens (including phenoxy) is 1. The molecule has 0 amide bonds. The van der Waals surface area contributed by atoms with Crippen LogP contribution in [0.5, 0.6) is 5.75 Å². The second-order valence-electron chi connectivity index (χ2n) is 4.44. The summed E-state index contributed by atoms with van der Waals surface area (Å²) >= 11 is 0. The highest BCUT2D eigenvalue weighted by Crippen LogP contribution is 2.19. The van der Waals surface area contributed by atoms with Gasteiger partial charge in [-0.2, -0.15) is 0 Å². The molecule has 0 saturated heterocycles. The van der Waals surface area contributed by atoms with E-state index in [4.69, 9.17) is 9.84 Å². The molecule has 0 aliphatic carbocycles. The van der Waals surface area contributed by atoms with Crippen LogP contribution in [0, 0.1) is 0 Å². The molecule has 18 heavy (non-hydrogen) atoms. The minimum absolute atomic E-state index is 0. The molecule has 1 aromatic carbocycles. The predicted octanol–water partition coefficient (Wildman–Crippen LogP) is -0.662. The Morgan fingerprint density at radius 2 is 1.94 bits per heavy atom. The number of para-hydroxylation sites is 1. The molecule has 0 spiro atoms. The molecule has 1 atom stereocenters. The highest BCUT2D eigenvalue weighted by Gasteiger charge is 2.07. The molecule has 0 aliphatic rings. The standard InChI is InChI=1S/C14H23NO2.ClH/c1-4-13(10-16)15-9-12-7-5-6-8-14(12)17-11(2)3;/h5-8,11,13,15-16H,4,9-10H2,1-3H3;1H/p-1. The normalized spacial score (nSPS) is 12.1. The summed E-state index contributed by atoms with van der Waals surface area (Å²) in [7, 11) is 0. The quantitative estimate of drug-likeness (QED) is 0.692. The molecule has 104 valence electrons. The molecule has 0 radical (unpaired) electrons. The molecule has 4 heteroatoms. The fraction of sp³-hybridized carbons (Fsp3) is 0.571. The second-order valence-corrected chi connectivity index (χ2v) is 4.44. The summed E-state index contributed by atoms with van der Waals surface area (Å²) in [5, 5.41) is 12.4. The highest BCUT2D eigenvalue weighted by molar-refractivity contribution is 5.33. The average molecular weight is 273 g/mol. The van der Waals surface area contributed by atoms with Crippen LogP contribution in [-0.4, -0.2) is 23.9 Å². The Kier molecular flexibility index (Phi) is 8.81. The number of nitrogens with one attached hydrogen (secondary N) is 1. The van der Waals surface area contributed by atoms with Gasteiger partial charge < -0.3 is 27.6 Å². The van der Waals surface area contributed by atoms with Gasteiger partial charge in [-0.15, -0.1) is 0 Å². The molecule has 0 fully saturated rings. The van der Waals surface area contributed by atoms with Gasteiger partial charge in [0.25, 0.3) is 0 Å². The van der Waals surface area contributed by atoms with E-state index in [1.165, 1.54) is 0 Å². The van der Waals surface area contributed by atoms with Crippen LogP contribution in [0.3, 0.4) is 0 Å². The van der Waals surface area contributed by atoms with E-state index in [1.54, 1.807) is 0 Å². The zero-order valence-corrected chi connectivity index (χ0v) is 12.1. The lowest BCUT2D eigenvalue weighted by molar-refractivity contribution is -0.00000586. The molecule has 3 nitrogen and oxygen atoms in total. The van der Waals surface area contributed by atoms with E-state index < -0.39 is 0 Å². The minimum atomic E-state index is 0. The van der Waals surface area contributed by atoms with Crippen LogP contribution in [0.1, 0.15) is 32.8 Å². The van der Waals surface area contributed by atoms with Gasteiger partial charge >= 0.3 is 0 Å². The average Bonchev–Trinajstić information content (AvgIpc) is 2.31. The van der Waals surface area contributed by atoms with Gasteiger partial charge in [0.15, 0.2) is 0 Å². The van der Waals surface area contributed by atoms with Gasteiger partial charge in [0.2, 0.25) is 0 Å². The van der Waals surface area contributed by atoms with E-state index >= 15 is 0 Å². The molecule has 1 aromatic rings. The largest absolute Gasteiger partial charge is 1.00 e. The predicted molar refractivity (Wildman–Crippen MR) is 70.2 cm³/mol. The van der Waals surface area contributed by atoms with Crippen LogP contribution >= 0.6 is 0 Å². The third kappa shape index (κ3) is 5.71. The van der Waals surface area contributed by atoms with E-state index in [2.05, 4.69) is 18.3 Å². The van der Waals surface area contributed by atoms with Gasteiger partial charge in [0.1, 0.15) is 5.75 Å². The van der Waals surface area contributed by atoms with E-state index in [9.17, 15) is 0 Å². The van der Waals surface area contributed by atoms with Crippen LogP contribution in [0.2, 0.25) is 0 Å². The second kappa shape index (κ2) is 9.20. The summed E-state index contributed by atoms with van der Waals surface area (Å²) in [6, 6.07) is 8.17. The number of benzene rings is 1. The highest BCUT2D eigenvalue weighted by atomic mass is 35.5. The summed E-state index contributed by atoms with van der Waals surface area (Å²) in [5.41, 5.74) is 1.13. The molecule has 0 saturated carbocycles. The van der Waals surface area contributed by atoms with Gasteiger partial charge in [-0.1, -0.05) is 25.1 Å².